The predicted octanol–water partition coefficient (Wildman–Crippen LogP) is 3.01. The molecule has 0 unspecified atom stereocenters. The Morgan fingerprint density at radius 3 is 2.68 bits per heavy atom. The van der Waals surface area contributed by atoms with Gasteiger partial charge in [-0.3, -0.25) is 0 Å². The first-order valence-electron chi connectivity index (χ1n) is 7.83. The minimum Gasteiger partial charge on any atom is -0.377 e. The van der Waals surface area contributed by atoms with Crippen molar-refractivity contribution in [2.75, 3.05) is 13.2 Å². The summed E-state index contributed by atoms with van der Waals surface area (Å²) in [5, 5.41) is 6.92. The number of amides is 2. The zero-order valence-electron chi connectivity index (χ0n) is 14.2. The van der Waals surface area contributed by atoms with Gasteiger partial charge in [-0.2, -0.15) is 0 Å². The van der Waals surface area contributed by atoms with Gasteiger partial charge in [-0.05, 0) is 25.7 Å². The van der Waals surface area contributed by atoms with Gasteiger partial charge in [0.05, 0.1) is 23.4 Å². The van der Waals surface area contributed by atoms with Gasteiger partial charge in [0.15, 0.2) is 0 Å². The number of carbonyl (C=O) groups excluding carboxylic acids is 1. The first-order valence-corrected chi connectivity index (χ1v) is 8.65. The largest absolute Gasteiger partial charge is 0.377 e. The Balaban J connectivity index is 1.77. The molecule has 5 nitrogen and oxygen atoms in total. The lowest BCUT2D eigenvalue weighted by Crippen LogP contribution is -2.42. The van der Waals surface area contributed by atoms with Gasteiger partial charge >= 0.3 is 6.03 Å². The molecule has 2 rings (SSSR count). The molecule has 2 atom stereocenters. The Kier molecular flexibility index (Phi) is 5.45. The number of ether oxygens (including phenoxy) is 1. The fourth-order valence-electron chi connectivity index (χ4n) is 2.98. The molecular weight excluding hydrogens is 298 g/mol. The molecule has 1 aliphatic rings. The molecule has 2 amide bonds. The highest BCUT2D eigenvalue weighted by Gasteiger charge is 2.37. The number of thiazole rings is 1. The fourth-order valence-corrected chi connectivity index (χ4v) is 3.86. The van der Waals surface area contributed by atoms with Crippen LogP contribution in [0.4, 0.5) is 4.79 Å². The van der Waals surface area contributed by atoms with Gasteiger partial charge in [-0.25, -0.2) is 9.78 Å². The van der Waals surface area contributed by atoms with Crippen LogP contribution in [0.15, 0.2) is 0 Å². The molecule has 0 spiro atoms. The smallest absolute Gasteiger partial charge is 0.315 e. The minimum atomic E-state index is -0.120. The quantitative estimate of drug-likeness (QED) is 0.894. The maximum atomic E-state index is 12.0. The van der Waals surface area contributed by atoms with Crippen molar-refractivity contribution in [3.05, 3.63) is 15.6 Å². The predicted molar refractivity (Wildman–Crippen MR) is 89.1 cm³/mol. The summed E-state index contributed by atoms with van der Waals surface area (Å²) in [5.41, 5.74) is 1.11. The van der Waals surface area contributed by atoms with Crippen LogP contribution in [0.3, 0.4) is 0 Å². The third kappa shape index (κ3) is 4.43. The molecule has 1 aliphatic heterocycles. The highest BCUT2D eigenvalue weighted by atomic mass is 32.1. The molecule has 1 fully saturated rings. The van der Waals surface area contributed by atoms with E-state index in [9.17, 15) is 4.79 Å². The van der Waals surface area contributed by atoms with Gasteiger partial charge in [0.25, 0.3) is 0 Å². The topological polar surface area (TPSA) is 63.2 Å². The second kappa shape index (κ2) is 6.96. The molecule has 0 bridgehead atoms. The van der Waals surface area contributed by atoms with Crippen LogP contribution >= 0.6 is 11.3 Å². The number of urea groups is 1. The number of carbonyl (C=O) groups is 1. The monoisotopic (exact) mass is 325 g/mol. The van der Waals surface area contributed by atoms with Crippen LogP contribution in [0.1, 0.15) is 42.8 Å². The van der Waals surface area contributed by atoms with Crippen molar-refractivity contribution in [2.24, 2.45) is 11.3 Å². The maximum absolute atomic E-state index is 12.0. The maximum Gasteiger partial charge on any atom is 0.315 e. The second-order valence-corrected chi connectivity index (χ2v) is 8.30. The molecule has 0 aliphatic carbocycles. The molecule has 1 aromatic rings. The van der Waals surface area contributed by atoms with Gasteiger partial charge < -0.3 is 15.4 Å². The van der Waals surface area contributed by atoms with Crippen molar-refractivity contribution in [3.63, 3.8) is 0 Å². The van der Waals surface area contributed by atoms with Crippen LogP contribution in [-0.4, -0.2) is 30.3 Å². The first-order chi connectivity index (χ1) is 10.3. The number of nitrogens with zero attached hydrogens (tertiary/aromatic N) is 1. The van der Waals surface area contributed by atoms with Crippen molar-refractivity contribution in [3.8, 4) is 0 Å². The minimum absolute atomic E-state index is 0.108. The number of rotatable bonds is 4. The average Bonchev–Trinajstić information content (AvgIpc) is 3.00. The number of nitrogens with one attached hydrogen (secondary N) is 2. The summed E-state index contributed by atoms with van der Waals surface area (Å²) in [6.07, 6.45) is 1.22. The molecule has 22 heavy (non-hydrogen) atoms. The first kappa shape index (κ1) is 17.2. The second-order valence-electron chi connectivity index (χ2n) is 7.01. The zero-order valence-corrected chi connectivity index (χ0v) is 15.0. The summed E-state index contributed by atoms with van der Waals surface area (Å²) < 4.78 is 5.83. The van der Waals surface area contributed by atoms with Crippen molar-refractivity contribution >= 4 is 17.4 Å². The standard InChI is InChI=1S/C16H27N3O2S/c1-10-13(22-11(2)19-10)9-18-15(20)17-8-12-6-7-21-14(12)16(3,4)5/h12,14H,6-9H2,1-5H3,(H2,17,18,20)/t12-,14+/m0/s1. The van der Waals surface area contributed by atoms with E-state index in [1.807, 2.05) is 13.8 Å². The van der Waals surface area contributed by atoms with E-state index in [0.717, 1.165) is 28.6 Å². The van der Waals surface area contributed by atoms with E-state index in [4.69, 9.17) is 4.74 Å². The highest BCUT2D eigenvalue weighted by molar-refractivity contribution is 7.11. The molecule has 1 saturated heterocycles. The van der Waals surface area contributed by atoms with Gasteiger partial charge in [0.1, 0.15) is 0 Å². The number of aryl methyl sites for hydroxylation is 2. The van der Waals surface area contributed by atoms with E-state index in [1.165, 1.54) is 0 Å². The molecule has 1 aromatic heterocycles. The van der Waals surface area contributed by atoms with Gasteiger partial charge in [0.2, 0.25) is 0 Å². The Morgan fingerprint density at radius 1 is 1.36 bits per heavy atom. The summed E-state index contributed by atoms with van der Waals surface area (Å²) in [7, 11) is 0. The van der Waals surface area contributed by atoms with Crippen LogP contribution in [0, 0.1) is 25.2 Å². The van der Waals surface area contributed by atoms with Crippen molar-refractivity contribution < 1.29 is 9.53 Å². The molecule has 124 valence electrons. The van der Waals surface area contributed by atoms with Crippen LogP contribution in [0.5, 0.6) is 0 Å². The lowest BCUT2D eigenvalue weighted by Gasteiger charge is -2.31. The number of hydrogen-bond donors (Lipinski definition) is 2. The SMILES string of the molecule is Cc1nc(C)c(CNC(=O)NC[C@@H]2CCO[C@H]2C(C)(C)C)s1. The Hall–Kier alpha value is -1.14. The van der Waals surface area contributed by atoms with Crippen molar-refractivity contribution in [1.29, 1.82) is 0 Å². The van der Waals surface area contributed by atoms with Crippen molar-refractivity contribution in [2.45, 2.75) is 53.7 Å². The normalized spacial score (nSPS) is 21.9. The van der Waals surface area contributed by atoms with Crippen LogP contribution < -0.4 is 10.6 Å². The van der Waals surface area contributed by atoms with Crippen LogP contribution in [0.2, 0.25) is 0 Å². The molecular formula is C16H27N3O2S. The van der Waals surface area contributed by atoms with E-state index in [-0.39, 0.29) is 17.6 Å². The third-order valence-corrected chi connectivity index (χ3v) is 5.07. The fraction of sp³-hybridized carbons (Fsp3) is 0.750. The van der Waals surface area contributed by atoms with Crippen molar-refractivity contribution in [1.82, 2.24) is 15.6 Å². The number of hydrogen-bond acceptors (Lipinski definition) is 4. The molecule has 6 heteroatoms. The Labute approximate surface area is 136 Å². The van der Waals surface area contributed by atoms with E-state index in [1.54, 1.807) is 11.3 Å². The third-order valence-electron chi connectivity index (χ3n) is 4.00. The Morgan fingerprint density at radius 2 is 2.09 bits per heavy atom. The van der Waals surface area contributed by atoms with Gasteiger partial charge in [-0.15, -0.1) is 11.3 Å². The Bertz CT molecular complexity index is 522. The van der Waals surface area contributed by atoms with Crippen LogP contribution in [-0.2, 0) is 11.3 Å². The lowest BCUT2D eigenvalue weighted by molar-refractivity contribution is 0.00775. The van der Waals surface area contributed by atoms with E-state index >= 15 is 0 Å². The molecule has 0 saturated carbocycles. The zero-order chi connectivity index (χ0) is 16.3. The summed E-state index contributed by atoms with van der Waals surface area (Å²) in [6.45, 7) is 12.5. The van der Waals surface area contributed by atoms with Gasteiger partial charge in [0, 0.05) is 23.9 Å². The molecule has 2 N–H and O–H groups in total. The summed E-state index contributed by atoms with van der Waals surface area (Å²) >= 11 is 1.63. The molecule has 0 aromatic carbocycles. The summed E-state index contributed by atoms with van der Waals surface area (Å²) in [5.74, 6) is 0.387. The molecule has 2 heterocycles. The van der Waals surface area contributed by atoms with E-state index in [0.29, 0.717) is 19.0 Å². The van der Waals surface area contributed by atoms with Crippen LogP contribution in [0.25, 0.3) is 0 Å². The summed E-state index contributed by atoms with van der Waals surface area (Å²) in [4.78, 5) is 17.4. The highest BCUT2D eigenvalue weighted by Crippen LogP contribution is 2.34. The summed E-state index contributed by atoms with van der Waals surface area (Å²) in [6, 6.07) is -0.120. The lowest BCUT2D eigenvalue weighted by atomic mass is 9.81. The number of aromatic nitrogens is 1. The van der Waals surface area contributed by atoms with E-state index in [2.05, 4.69) is 36.4 Å². The molecule has 0 radical (unpaired) electrons. The average molecular weight is 325 g/mol. The van der Waals surface area contributed by atoms with Gasteiger partial charge in [-0.1, -0.05) is 20.8 Å². The van der Waals surface area contributed by atoms with E-state index < -0.39 is 0 Å².